The zero-order valence-corrected chi connectivity index (χ0v) is 12.9. The number of ether oxygens (including phenoxy) is 1. The number of nitrogens with one attached hydrogen (secondary N) is 2. The average molecular weight is 316 g/mol. The molecule has 1 aromatic heterocycles. The molecule has 3 rings (SSSR count). The zero-order valence-electron chi connectivity index (χ0n) is 12.1. The second-order valence-electron chi connectivity index (χ2n) is 5.05. The van der Waals surface area contributed by atoms with Crippen molar-refractivity contribution < 1.29 is 14.3 Å². The summed E-state index contributed by atoms with van der Waals surface area (Å²) in [5.41, 5.74) is 1.12. The monoisotopic (exact) mass is 316 g/mol. The number of hydrogen-bond donors (Lipinski definition) is 2. The van der Waals surface area contributed by atoms with E-state index in [1.54, 1.807) is 36.5 Å². The van der Waals surface area contributed by atoms with E-state index in [4.69, 9.17) is 4.74 Å². The molecule has 1 aliphatic heterocycles. The van der Waals surface area contributed by atoms with Crippen LogP contribution >= 0.6 is 11.3 Å². The molecule has 2 N–H and O–H groups in total. The third kappa shape index (κ3) is 3.12. The van der Waals surface area contributed by atoms with E-state index in [0.717, 1.165) is 6.42 Å². The van der Waals surface area contributed by atoms with Gasteiger partial charge in [-0.15, -0.1) is 11.3 Å². The largest absolute Gasteiger partial charge is 0.479 e. The van der Waals surface area contributed by atoms with Gasteiger partial charge in [0.15, 0.2) is 6.10 Å². The van der Waals surface area contributed by atoms with Gasteiger partial charge in [0.2, 0.25) is 0 Å². The second-order valence-corrected chi connectivity index (χ2v) is 6.08. The van der Waals surface area contributed by atoms with E-state index in [0.29, 0.717) is 23.5 Å². The molecule has 0 saturated heterocycles. The Balaban J connectivity index is 1.63. The van der Waals surface area contributed by atoms with Gasteiger partial charge in [0.05, 0.1) is 5.69 Å². The molecule has 1 aliphatic rings. The van der Waals surface area contributed by atoms with Crippen molar-refractivity contribution in [3.63, 3.8) is 0 Å². The minimum absolute atomic E-state index is 0.146. The van der Waals surface area contributed by atoms with Crippen LogP contribution in [0, 0.1) is 0 Å². The van der Waals surface area contributed by atoms with Crippen molar-refractivity contribution in [2.24, 2.45) is 0 Å². The van der Waals surface area contributed by atoms with Crippen LogP contribution in [0.5, 0.6) is 5.75 Å². The molecular formula is C16H16N2O3S. The van der Waals surface area contributed by atoms with Crippen LogP contribution in [-0.2, 0) is 11.2 Å². The summed E-state index contributed by atoms with van der Waals surface area (Å²) in [6.45, 7) is 2.26. The number of carbonyl (C=O) groups is 2. The number of anilines is 1. The first-order chi connectivity index (χ1) is 10.6. The highest BCUT2D eigenvalue weighted by atomic mass is 32.1. The van der Waals surface area contributed by atoms with Crippen molar-refractivity contribution in [3.8, 4) is 5.75 Å². The van der Waals surface area contributed by atoms with E-state index in [2.05, 4.69) is 10.6 Å². The number of amides is 2. The molecule has 1 atom stereocenters. The van der Waals surface area contributed by atoms with Gasteiger partial charge in [-0.1, -0.05) is 6.07 Å². The SMILES string of the molecule is CC1Oc2cc(C(=O)NCCc3cccs3)ccc2NC1=O. The molecule has 0 fully saturated rings. The van der Waals surface area contributed by atoms with Gasteiger partial charge in [-0.2, -0.15) is 0 Å². The lowest BCUT2D eigenvalue weighted by Crippen LogP contribution is -2.34. The lowest BCUT2D eigenvalue weighted by molar-refractivity contribution is -0.122. The molecule has 22 heavy (non-hydrogen) atoms. The molecule has 1 aromatic carbocycles. The molecule has 0 saturated carbocycles. The summed E-state index contributed by atoms with van der Waals surface area (Å²) >= 11 is 1.68. The maximum absolute atomic E-state index is 12.2. The summed E-state index contributed by atoms with van der Waals surface area (Å²) in [5, 5.41) is 7.65. The fourth-order valence-electron chi connectivity index (χ4n) is 2.20. The minimum atomic E-state index is -0.551. The van der Waals surface area contributed by atoms with Gasteiger partial charge in [0, 0.05) is 17.0 Å². The highest BCUT2D eigenvalue weighted by molar-refractivity contribution is 7.09. The molecule has 1 unspecified atom stereocenters. The lowest BCUT2D eigenvalue weighted by atomic mass is 10.1. The van der Waals surface area contributed by atoms with Crippen LogP contribution in [0.4, 0.5) is 5.69 Å². The summed E-state index contributed by atoms with van der Waals surface area (Å²) < 4.78 is 5.51. The number of benzene rings is 1. The second kappa shape index (κ2) is 6.19. The fourth-order valence-corrected chi connectivity index (χ4v) is 2.91. The summed E-state index contributed by atoms with van der Waals surface area (Å²) in [6, 6.07) is 9.07. The summed E-state index contributed by atoms with van der Waals surface area (Å²) in [7, 11) is 0. The summed E-state index contributed by atoms with van der Waals surface area (Å²) in [5.74, 6) is 0.200. The maximum atomic E-state index is 12.2. The molecular weight excluding hydrogens is 300 g/mol. The highest BCUT2D eigenvalue weighted by Crippen LogP contribution is 2.30. The Morgan fingerprint density at radius 2 is 2.27 bits per heavy atom. The Hall–Kier alpha value is -2.34. The van der Waals surface area contributed by atoms with E-state index in [9.17, 15) is 9.59 Å². The van der Waals surface area contributed by atoms with Gasteiger partial charge in [-0.05, 0) is 43.0 Å². The number of hydrogen-bond acceptors (Lipinski definition) is 4. The molecule has 2 heterocycles. The smallest absolute Gasteiger partial charge is 0.265 e. The molecule has 2 aromatic rings. The van der Waals surface area contributed by atoms with Crippen LogP contribution in [-0.4, -0.2) is 24.5 Å². The predicted octanol–water partition coefficient (Wildman–Crippen LogP) is 2.44. The minimum Gasteiger partial charge on any atom is -0.479 e. The normalized spacial score (nSPS) is 16.4. The van der Waals surface area contributed by atoms with Gasteiger partial charge < -0.3 is 15.4 Å². The molecule has 0 aliphatic carbocycles. The van der Waals surface area contributed by atoms with Gasteiger partial charge in [-0.25, -0.2) is 0 Å². The first kappa shape index (κ1) is 14.6. The van der Waals surface area contributed by atoms with Crippen molar-refractivity contribution in [2.75, 3.05) is 11.9 Å². The number of fused-ring (bicyclic) bond motifs is 1. The van der Waals surface area contributed by atoms with Crippen molar-refractivity contribution in [3.05, 3.63) is 46.2 Å². The Labute approximate surface area is 132 Å². The Morgan fingerprint density at radius 3 is 3.05 bits per heavy atom. The quantitative estimate of drug-likeness (QED) is 0.910. The lowest BCUT2D eigenvalue weighted by Gasteiger charge is -2.23. The van der Waals surface area contributed by atoms with Crippen molar-refractivity contribution in [1.29, 1.82) is 0 Å². The fraction of sp³-hybridized carbons (Fsp3) is 0.250. The third-order valence-corrected chi connectivity index (χ3v) is 4.35. The van der Waals surface area contributed by atoms with Crippen LogP contribution in [0.3, 0.4) is 0 Å². The first-order valence-corrected chi connectivity index (χ1v) is 7.93. The number of thiophene rings is 1. The van der Waals surface area contributed by atoms with E-state index >= 15 is 0 Å². The van der Waals surface area contributed by atoms with Crippen LogP contribution in [0.1, 0.15) is 22.2 Å². The molecule has 0 radical (unpaired) electrons. The van der Waals surface area contributed by atoms with E-state index in [1.165, 1.54) is 4.88 Å². The van der Waals surface area contributed by atoms with Crippen LogP contribution in [0.15, 0.2) is 35.7 Å². The van der Waals surface area contributed by atoms with Crippen molar-refractivity contribution in [1.82, 2.24) is 5.32 Å². The molecule has 0 bridgehead atoms. The summed E-state index contributed by atoms with van der Waals surface area (Å²) in [6.07, 6.45) is 0.266. The molecule has 114 valence electrons. The number of carbonyl (C=O) groups excluding carboxylic acids is 2. The van der Waals surface area contributed by atoms with Gasteiger partial charge in [0.1, 0.15) is 5.75 Å². The average Bonchev–Trinajstić information content (AvgIpc) is 3.01. The standard InChI is InChI=1S/C16H16N2O3S/c1-10-15(19)18-13-5-4-11(9-14(13)21-10)16(20)17-7-6-12-3-2-8-22-12/h2-5,8-10H,6-7H2,1H3,(H,17,20)(H,18,19). The zero-order chi connectivity index (χ0) is 15.5. The van der Waals surface area contributed by atoms with Crippen LogP contribution in [0.25, 0.3) is 0 Å². The van der Waals surface area contributed by atoms with Gasteiger partial charge in [0.25, 0.3) is 11.8 Å². The Kier molecular flexibility index (Phi) is 4.11. The molecule has 0 spiro atoms. The third-order valence-electron chi connectivity index (χ3n) is 3.41. The maximum Gasteiger partial charge on any atom is 0.265 e. The Bertz CT molecular complexity index is 697. The van der Waals surface area contributed by atoms with Crippen molar-refractivity contribution >= 4 is 28.8 Å². The van der Waals surface area contributed by atoms with Gasteiger partial charge >= 0.3 is 0 Å². The Morgan fingerprint density at radius 1 is 1.41 bits per heavy atom. The topological polar surface area (TPSA) is 67.4 Å². The molecule has 6 heteroatoms. The highest BCUT2D eigenvalue weighted by Gasteiger charge is 2.24. The van der Waals surface area contributed by atoms with Gasteiger partial charge in [-0.3, -0.25) is 9.59 Å². The predicted molar refractivity (Wildman–Crippen MR) is 85.5 cm³/mol. The number of rotatable bonds is 4. The summed E-state index contributed by atoms with van der Waals surface area (Å²) in [4.78, 5) is 24.9. The van der Waals surface area contributed by atoms with E-state index in [1.807, 2.05) is 17.5 Å². The van der Waals surface area contributed by atoms with E-state index in [-0.39, 0.29) is 11.8 Å². The molecule has 5 nitrogen and oxygen atoms in total. The van der Waals surface area contributed by atoms with E-state index < -0.39 is 6.10 Å². The van der Waals surface area contributed by atoms with Crippen LogP contribution in [0.2, 0.25) is 0 Å². The van der Waals surface area contributed by atoms with Crippen molar-refractivity contribution in [2.45, 2.75) is 19.4 Å². The molecule has 2 amide bonds. The van der Waals surface area contributed by atoms with Crippen LogP contribution < -0.4 is 15.4 Å². The first-order valence-electron chi connectivity index (χ1n) is 7.05.